The predicted octanol–water partition coefficient (Wildman–Crippen LogP) is 4.26. The maximum Gasteiger partial charge on any atom is 0.411 e. The summed E-state index contributed by atoms with van der Waals surface area (Å²) in [7, 11) is -2.03. The fourth-order valence-corrected chi connectivity index (χ4v) is 5.27. The van der Waals surface area contributed by atoms with Crippen LogP contribution in [0.2, 0.25) is 18.1 Å². The molecule has 0 bridgehead atoms. The van der Waals surface area contributed by atoms with Gasteiger partial charge >= 0.3 is 6.09 Å². The van der Waals surface area contributed by atoms with Gasteiger partial charge in [0.1, 0.15) is 17.3 Å². The van der Waals surface area contributed by atoms with E-state index in [0.717, 1.165) is 0 Å². The number of carbonyl (C=O) groups is 1. The number of rotatable bonds is 5. The molecule has 2 N–H and O–H groups in total. The number of nitrogens with zero attached hydrogens (tertiary/aromatic N) is 1. The minimum Gasteiger partial charge on any atom is -0.444 e. The number of likely N-dealkylation sites (tertiary alicyclic amines) is 1. The second-order valence-electron chi connectivity index (χ2n) is 11.8. The summed E-state index contributed by atoms with van der Waals surface area (Å²) >= 11 is 0. The van der Waals surface area contributed by atoms with Crippen LogP contribution in [0.25, 0.3) is 0 Å². The van der Waals surface area contributed by atoms with E-state index in [-0.39, 0.29) is 29.3 Å². The van der Waals surface area contributed by atoms with E-state index in [9.17, 15) is 4.79 Å². The van der Waals surface area contributed by atoms with E-state index in [2.05, 4.69) is 33.9 Å². The third kappa shape index (κ3) is 5.04. The van der Waals surface area contributed by atoms with Crippen molar-refractivity contribution in [2.45, 2.75) is 122 Å². The Bertz CT molecular complexity index is 640. The molecule has 0 unspecified atom stereocenters. The molecule has 30 heavy (non-hydrogen) atoms. The Morgan fingerprint density at radius 3 is 2.17 bits per heavy atom. The number of nitrogens with two attached hydrogens (primary N) is 1. The average molecular weight is 445 g/mol. The van der Waals surface area contributed by atoms with Gasteiger partial charge in [0.05, 0.1) is 18.7 Å². The molecule has 4 atom stereocenters. The number of hydrogen-bond acceptors (Lipinski definition) is 6. The minimum atomic E-state index is -2.03. The fraction of sp³-hybridized carbons (Fsp3) is 0.955. The van der Waals surface area contributed by atoms with Crippen LogP contribution in [0.1, 0.15) is 68.7 Å². The van der Waals surface area contributed by atoms with Gasteiger partial charge in [0.25, 0.3) is 0 Å². The van der Waals surface area contributed by atoms with Crippen molar-refractivity contribution < 1.29 is 23.4 Å². The van der Waals surface area contributed by atoms with Crippen LogP contribution in [-0.2, 0) is 18.6 Å². The summed E-state index contributed by atoms with van der Waals surface area (Å²) in [5.41, 5.74) is 4.67. The lowest BCUT2D eigenvalue weighted by Gasteiger charge is -2.40. The third-order valence-corrected chi connectivity index (χ3v) is 11.1. The number of ether oxygens (including phenoxy) is 3. The van der Waals surface area contributed by atoms with Crippen molar-refractivity contribution in [3.63, 3.8) is 0 Å². The minimum absolute atomic E-state index is 0.0641. The first-order valence-electron chi connectivity index (χ1n) is 11.1. The van der Waals surface area contributed by atoms with Gasteiger partial charge in [-0.15, -0.1) is 0 Å². The van der Waals surface area contributed by atoms with E-state index < -0.39 is 25.3 Å². The van der Waals surface area contributed by atoms with Crippen LogP contribution < -0.4 is 5.73 Å². The van der Waals surface area contributed by atoms with Gasteiger partial charge in [-0.1, -0.05) is 20.8 Å². The highest BCUT2D eigenvalue weighted by Gasteiger charge is 2.66. The normalized spacial score (nSPS) is 31.7. The molecule has 0 radical (unpaired) electrons. The Morgan fingerprint density at radius 2 is 1.70 bits per heavy atom. The molecule has 8 heteroatoms. The van der Waals surface area contributed by atoms with E-state index in [4.69, 9.17) is 24.4 Å². The van der Waals surface area contributed by atoms with Crippen LogP contribution >= 0.6 is 0 Å². The molecule has 2 saturated heterocycles. The first kappa shape index (κ1) is 25.6. The first-order chi connectivity index (χ1) is 13.3. The molecule has 2 heterocycles. The third-order valence-electron chi connectivity index (χ3n) is 6.61. The van der Waals surface area contributed by atoms with Gasteiger partial charge in [-0.2, -0.15) is 0 Å². The van der Waals surface area contributed by atoms with E-state index >= 15 is 0 Å². The van der Waals surface area contributed by atoms with Crippen LogP contribution in [0.15, 0.2) is 0 Å². The molecule has 2 aliphatic rings. The fourth-order valence-electron chi connectivity index (χ4n) is 4.24. The van der Waals surface area contributed by atoms with Gasteiger partial charge in [0.15, 0.2) is 14.1 Å². The van der Waals surface area contributed by atoms with E-state index in [0.29, 0.717) is 19.6 Å². The Balaban J connectivity index is 2.42. The van der Waals surface area contributed by atoms with Gasteiger partial charge in [0.2, 0.25) is 0 Å². The Kier molecular flexibility index (Phi) is 6.85. The molecule has 1 amide bonds. The van der Waals surface area contributed by atoms with Crippen molar-refractivity contribution >= 4 is 14.4 Å². The van der Waals surface area contributed by atoms with Crippen molar-refractivity contribution in [3.05, 3.63) is 0 Å². The topological polar surface area (TPSA) is 83.2 Å². The number of hydrogen-bond donors (Lipinski definition) is 1. The number of carbonyl (C=O) groups excluding carboxylic acids is 1. The molecule has 2 fully saturated rings. The zero-order valence-electron chi connectivity index (χ0n) is 20.9. The van der Waals surface area contributed by atoms with Crippen molar-refractivity contribution in [2.24, 2.45) is 5.73 Å². The molecular weight excluding hydrogens is 400 g/mol. The second kappa shape index (κ2) is 8.03. The highest BCUT2D eigenvalue weighted by molar-refractivity contribution is 6.74. The Morgan fingerprint density at radius 1 is 1.13 bits per heavy atom. The van der Waals surface area contributed by atoms with Gasteiger partial charge in [-0.25, -0.2) is 4.79 Å². The van der Waals surface area contributed by atoms with Crippen molar-refractivity contribution in [2.75, 3.05) is 13.2 Å². The smallest absolute Gasteiger partial charge is 0.411 e. The summed E-state index contributed by atoms with van der Waals surface area (Å²) in [6.45, 7) is 23.4. The highest BCUT2D eigenvalue weighted by Crippen LogP contribution is 2.50. The Labute approximate surface area is 184 Å². The van der Waals surface area contributed by atoms with Gasteiger partial charge in [-0.05, 0) is 72.6 Å². The van der Waals surface area contributed by atoms with Crippen LogP contribution in [0.4, 0.5) is 4.79 Å². The Hall–Kier alpha value is -0.673. The zero-order valence-corrected chi connectivity index (χ0v) is 21.9. The largest absolute Gasteiger partial charge is 0.444 e. The lowest BCUT2D eigenvalue weighted by Crippen LogP contribution is -2.53. The standard InChI is InChI=1S/C22H44N2O5Si/c1-19(2,3)28-18(25)24-15(14-26-30(10,11)20(4,5)6)17-22(9,16(24)12-13-23)29-21(7,8)27-17/h15-17H,12-14,23H2,1-11H3/t15-,16+,17-,22+/m1/s1. The zero-order chi connectivity index (χ0) is 23.3. The molecule has 0 spiro atoms. The van der Waals surface area contributed by atoms with E-state index in [1.807, 2.05) is 41.5 Å². The van der Waals surface area contributed by atoms with Crippen LogP contribution in [0.5, 0.6) is 0 Å². The lowest BCUT2D eigenvalue weighted by atomic mass is 9.91. The number of fused-ring (bicyclic) bond motifs is 1. The van der Waals surface area contributed by atoms with E-state index in [1.165, 1.54) is 0 Å². The molecular formula is C22H44N2O5Si. The maximum absolute atomic E-state index is 13.3. The van der Waals surface area contributed by atoms with Gasteiger partial charge in [0, 0.05) is 0 Å². The molecule has 2 rings (SSSR count). The summed E-state index contributed by atoms with van der Waals surface area (Å²) in [4.78, 5) is 15.1. The lowest BCUT2D eigenvalue weighted by molar-refractivity contribution is -0.183. The highest BCUT2D eigenvalue weighted by atomic mass is 28.4. The van der Waals surface area contributed by atoms with Crippen LogP contribution in [0, 0.1) is 0 Å². The van der Waals surface area contributed by atoms with Crippen molar-refractivity contribution in [1.82, 2.24) is 4.90 Å². The summed E-state index contributed by atoms with van der Waals surface area (Å²) in [6.07, 6.45) is -0.0887. The SMILES string of the molecule is CC(C)(C)OC(=O)N1[C@H](CO[Si](C)(C)C(C)(C)C)[C@H]2OC(C)(C)O[C@@]2(C)[C@@H]1CCN. The molecule has 176 valence electrons. The molecule has 2 aliphatic heterocycles. The summed E-state index contributed by atoms with van der Waals surface area (Å²) < 4.78 is 25.1. The predicted molar refractivity (Wildman–Crippen MR) is 121 cm³/mol. The molecule has 0 aromatic heterocycles. The van der Waals surface area contributed by atoms with Gasteiger partial charge < -0.3 is 24.4 Å². The van der Waals surface area contributed by atoms with Crippen LogP contribution in [-0.4, -0.2) is 67.6 Å². The summed E-state index contributed by atoms with van der Waals surface area (Å²) in [5, 5.41) is 0.0641. The molecule has 0 saturated carbocycles. The molecule has 0 aliphatic carbocycles. The first-order valence-corrected chi connectivity index (χ1v) is 14.0. The molecule has 7 nitrogen and oxygen atoms in total. The second-order valence-corrected chi connectivity index (χ2v) is 16.7. The van der Waals surface area contributed by atoms with Crippen molar-refractivity contribution in [3.8, 4) is 0 Å². The quantitative estimate of drug-likeness (QED) is 0.638. The molecule has 0 aromatic rings. The van der Waals surface area contributed by atoms with Crippen molar-refractivity contribution in [1.29, 1.82) is 0 Å². The average Bonchev–Trinajstić information content (AvgIpc) is 2.87. The van der Waals surface area contributed by atoms with Crippen LogP contribution in [0.3, 0.4) is 0 Å². The van der Waals surface area contributed by atoms with Gasteiger partial charge in [-0.3, -0.25) is 4.90 Å². The summed E-state index contributed by atoms with van der Waals surface area (Å²) in [5.74, 6) is -0.735. The maximum atomic E-state index is 13.3. The monoisotopic (exact) mass is 444 g/mol. The summed E-state index contributed by atoms with van der Waals surface area (Å²) in [6, 6.07) is -0.561. The van der Waals surface area contributed by atoms with E-state index in [1.54, 1.807) is 4.90 Å². The number of amides is 1. The molecule has 0 aromatic carbocycles.